The molecule has 224 valence electrons. The molecule has 1 aromatic heterocycles. The monoisotopic (exact) mass is 591 g/mol. The van der Waals surface area contributed by atoms with Crippen LogP contribution in [0.3, 0.4) is 0 Å². The number of rotatable bonds is 10. The van der Waals surface area contributed by atoms with Crippen molar-refractivity contribution in [2.24, 2.45) is 5.73 Å². The van der Waals surface area contributed by atoms with Crippen LogP contribution in [0, 0.1) is 0 Å². The molecule has 43 heavy (non-hydrogen) atoms. The largest absolute Gasteiger partial charge is 0.421 e. The van der Waals surface area contributed by atoms with Crippen molar-refractivity contribution < 1.29 is 22.8 Å². The van der Waals surface area contributed by atoms with Crippen molar-refractivity contribution in [2.75, 3.05) is 35.9 Å². The minimum atomic E-state index is -4.80. The first-order valence-corrected chi connectivity index (χ1v) is 13.8. The number of para-hydroxylation sites is 1. The topological polar surface area (TPSA) is 117 Å². The van der Waals surface area contributed by atoms with Gasteiger partial charge in [0.05, 0.1) is 18.4 Å². The Bertz CT molecular complexity index is 1560. The normalized spacial score (nSPS) is 15.1. The molecular formula is C31H32F3N7O2. The third kappa shape index (κ3) is 7.22. The highest BCUT2D eigenvalue weighted by atomic mass is 19.4. The number of nitrogens with zero attached hydrogens (tertiary/aromatic N) is 3. The summed E-state index contributed by atoms with van der Waals surface area (Å²) in [5.74, 6) is -1.01. The standard InChI is InChI=1S/C31H32F3N7O2/c1-43-41(27-10-3-2-9-25(27)28(35)42)29-26(31(32,33)34)19-38-30(40-29)39-23-13-11-20(12-14-23)17-37-24-8-4-6-21(16-24)22-7-5-15-36-18-22/h2-4,6,8-14,16,19,22,36-37H,5,7,15,17-18H2,1H3,(H2,35,42)(H,38,39,40). The number of primary amides is 1. The van der Waals surface area contributed by atoms with Crippen LogP contribution in [0.1, 0.15) is 45.8 Å². The van der Waals surface area contributed by atoms with Gasteiger partial charge in [-0.25, -0.2) is 10.0 Å². The SMILES string of the molecule is CON(c1ccccc1C(N)=O)c1nc(Nc2ccc(CNc3cccc(C4CCCNC4)c3)cc2)ncc1C(F)(F)F. The molecule has 12 heteroatoms. The first kappa shape index (κ1) is 29.8. The summed E-state index contributed by atoms with van der Waals surface area (Å²) in [6.45, 7) is 2.66. The molecular weight excluding hydrogens is 559 g/mol. The van der Waals surface area contributed by atoms with Crippen LogP contribution in [-0.4, -0.2) is 36.1 Å². The molecule has 1 saturated heterocycles. The number of amides is 1. The van der Waals surface area contributed by atoms with Gasteiger partial charge in [0, 0.05) is 30.7 Å². The zero-order chi connectivity index (χ0) is 30.4. The maximum atomic E-state index is 14.0. The molecule has 0 spiro atoms. The summed E-state index contributed by atoms with van der Waals surface area (Å²) in [6.07, 6.45) is -1.78. The number of benzene rings is 3. The van der Waals surface area contributed by atoms with Crippen LogP contribution in [0.2, 0.25) is 0 Å². The van der Waals surface area contributed by atoms with Crippen LogP contribution in [0.15, 0.2) is 79.0 Å². The van der Waals surface area contributed by atoms with Gasteiger partial charge in [0.15, 0.2) is 5.82 Å². The molecule has 5 N–H and O–H groups in total. The maximum Gasteiger partial charge on any atom is 0.421 e. The fraction of sp³-hybridized carbons (Fsp3) is 0.258. The summed E-state index contributed by atoms with van der Waals surface area (Å²) < 4.78 is 41.9. The number of nitrogens with one attached hydrogen (secondary N) is 3. The van der Waals surface area contributed by atoms with Gasteiger partial charge in [-0.3, -0.25) is 9.63 Å². The Balaban J connectivity index is 1.32. The summed E-state index contributed by atoms with van der Waals surface area (Å²) in [5.41, 5.74) is 8.21. The van der Waals surface area contributed by atoms with E-state index in [0.717, 1.165) is 29.4 Å². The number of nitrogens with two attached hydrogens (primary N) is 1. The highest BCUT2D eigenvalue weighted by Crippen LogP contribution is 2.39. The number of carbonyl (C=O) groups excluding carboxylic acids is 1. The summed E-state index contributed by atoms with van der Waals surface area (Å²) in [6, 6.07) is 21.7. The van der Waals surface area contributed by atoms with Gasteiger partial charge in [0.1, 0.15) is 5.56 Å². The van der Waals surface area contributed by atoms with Gasteiger partial charge in [0.2, 0.25) is 5.95 Å². The summed E-state index contributed by atoms with van der Waals surface area (Å²) in [7, 11) is 1.17. The van der Waals surface area contributed by atoms with Crippen molar-refractivity contribution in [1.82, 2.24) is 15.3 Å². The molecule has 0 saturated carbocycles. The van der Waals surface area contributed by atoms with Crippen LogP contribution in [0.4, 0.5) is 42.0 Å². The van der Waals surface area contributed by atoms with Crippen LogP contribution in [-0.2, 0) is 17.6 Å². The number of alkyl halides is 3. The van der Waals surface area contributed by atoms with Crippen LogP contribution in [0.5, 0.6) is 0 Å². The molecule has 1 amide bonds. The zero-order valence-corrected chi connectivity index (χ0v) is 23.5. The lowest BCUT2D eigenvalue weighted by Gasteiger charge is -2.25. The van der Waals surface area contributed by atoms with E-state index in [2.05, 4.69) is 44.1 Å². The van der Waals surface area contributed by atoms with E-state index in [-0.39, 0.29) is 17.2 Å². The highest BCUT2D eigenvalue weighted by Gasteiger charge is 2.38. The minimum Gasteiger partial charge on any atom is -0.381 e. The molecule has 4 aromatic rings. The molecule has 9 nitrogen and oxygen atoms in total. The fourth-order valence-corrected chi connectivity index (χ4v) is 5.02. The highest BCUT2D eigenvalue weighted by molar-refractivity contribution is 5.99. The Labute approximate surface area is 247 Å². The Hall–Kier alpha value is -4.68. The van der Waals surface area contributed by atoms with Crippen LogP contribution in [0.25, 0.3) is 0 Å². The average Bonchev–Trinajstić information content (AvgIpc) is 3.01. The molecule has 5 rings (SSSR count). The maximum absolute atomic E-state index is 14.0. The van der Waals surface area contributed by atoms with E-state index in [1.54, 1.807) is 24.3 Å². The van der Waals surface area contributed by atoms with E-state index < -0.39 is 23.5 Å². The van der Waals surface area contributed by atoms with Crippen LogP contribution >= 0.6 is 0 Å². The molecule has 1 aliphatic rings. The van der Waals surface area contributed by atoms with Gasteiger partial charge in [-0.05, 0) is 72.8 Å². The molecule has 1 fully saturated rings. The lowest BCUT2D eigenvalue weighted by molar-refractivity contribution is -0.137. The van der Waals surface area contributed by atoms with Crippen molar-refractivity contribution >= 4 is 34.7 Å². The molecule has 0 aliphatic carbocycles. The van der Waals surface area contributed by atoms with E-state index in [4.69, 9.17) is 10.6 Å². The van der Waals surface area contributed by atoms with Crippen molar-refractivity contribution in [3.05, 3.63) is 101 Å². The number of carbonyl (C=O) groups is 1. The van der Waals surface area contributed by atoms with Crippen molar-refractivity contribution in [2.45, 2.75) is 31.5 Å². The van der Waals surface area contributed by atoms with Crippen LogP contribution < -0.4 is 26.7 Å². The zero-order valence-electron chi connectivity index (χ0n) is 23.5. The number of anilines is 5. The van der Waals surface area contributed by atoms with E-state index in [1.807, 2.05) is 18.2 Å². The number of hydrogen-bond donors (Lipinski definition) is 4. The van der Waals surface area contributed by atoms with E-state index in [9.17, 15) is 18.0 Å². The van der Waals surface area contributed by atoms with Gasteiger partial charge >= 0.3 is 6.18 Å². The Kier molecular flexibility index (Phi) is 9.07. The van der Waals surface area contributed by atoms with Crippen molar-refractivity contribution in [1.29, 1.82) is 0 Å². The third-order valence-corrected chi connectivity index (χ3v) is 7.20. The van der Waals surface area contributed by atoms with Gasteiger partial charge in [-0.15, -0.1) is 0 Å². The molecule has 2 heterocycles. The van der Waals surface area contributed by atoms with E-state index >= 15 is 0 Å². The lowest BCUT2D eigenvalue weighted by atomic mass is 9.91. The minimum absolute atomic E-state index is 0.00504. The van der Waals surface area contributed by atoms with Gasteiger partial charge in [-0.1, -0.05) is 36.4 Å². The Morgan fingerprint density at radius 2 is 1.88 bits per heavy atom. The van der Waals surface area contributed by atoms with Crippen molar-refractivity contribution in [3.8, 4) is 0 Å². The van der Waals surface area contributed by atoms with Gasteiger partial charge < -0.3 is 21.7 Å². The third-order valence-electron chi connectivity index (χ3n) is 7.20. The van der Waals surface area contributed by atoms with E-state index in [0.29, 0.717) is 24.3 Å². The fourth-order valence-electron chi connectivity index (χ4n) is 5.02. The molecule has 1 atom stereocenters. The van der Waals surface area contributed by atoms with Gasteiger partial charge in [0.25, 0.3) is 5.91 Å². The second-order valence-electron chi connectivity index (χ2n) is 10.1. The van der Waals surface area contributed by atoms with E-state index in [1.165, 1.54) is 37.6 Å². The first-order valence-electron chi connectivity index (χ1n) is 13.8. The smallest absolute Gasteiger partial charge is 0.381 e. The first-order chi connectivity index (χ1) is 20.7. The molecule has 0 radical (unpaired) electrons. The number of piperidine rings is 1. The second kappa shape index (κ2) is 13.1. The quantitative estimate of drug-likeness (QED) is 0.163. The Morgan fingerprint density at radius 3 is 2.58 bits per heavy atom. The molecule has 0 bridgehead atoms. The molecule has 1 unspecified atom stereocenters. The lowest BCUT2D eigenvalue weighted by Crippen LogP contribution is -2.28. The number of hydrogen-bond acceptors (Lipinski definition) is 8. The van der Waals surface area contributed by atoms with Crippen molar-refractivity contribution in [3.63, 3.8) is 0 Å². The van der Waals surface area contributed by atoms with Gasteiger partial charge in [-0.2, -0.15) is 18.2 Å². The predicted molar refractivity (Wildman–Crippen MR) is 159 cm³/mol. The second-order valence-corrected chi connectivity index (χ2v) is 10.1. The summed E-state index contributed by atoms with van der Waals surface area (Å²) in [5, 5.41) is 10.7. The average molecular weight is 592 g/mol. The number of aromatic nitrogens is 2. The summed E-state index contributed by atoms with van der Waals surface area (Å²) in [4.78, 5) is 25.2. The molecule has 3 aromatic carbocycles. The summed E-state index contributed by atoms with van der Waals surface area (Å²) >= 11 is 0. The predicted octanol–water partition coefficient (Wildman–Crippen LogP) is 6.12. The number of halogens is 3. The molecule has 1 aliphatic heterocycles. The Morgan fingerprint density at radius 1 is 1.09 bits per heavy atom.